The summed E-state index contributed by atoms with van der Waals surface area (Å²) < 4.78 is 13.1. The number of hydrogen-bond donors (Lipinski definition) is 1. The van der Waals surface area contributed by atoms with Crippen molar-refractivity contribution in [3.05, 3.63) is 57.6 Å². The molecule has 0 atom stereocenters. The van der Waals surface area contributed by atoms with Gasteiger partial charge >= 0.3 is 5.97 Å². The molecule has 8 heteroatoms. The number of benzene rings is 1. The summed E-state index contributed by atoms with van der Waals surface area (Å²) in [7, 11) is 3.36. The van der Waals surface area contributed by atoms with Crippen molar-refractivity contribution in [1.82, 2.24) is 9.78 Å². The number of anilines is 1. The Morgan fingerprint density at radius 3 is 2.68 bits per heavy atom. The van der Waals surface area contributed by atoms with Crippen LogP contribution in [-0.2, 0) is 18.2 Å². The van der Waals surface area contributed by atoms with Crippen LogP contribution in [0.2, 0.25) is 0 Å². The minimum absolute atomic E-state index is 0.321. The molecule has 7 nitrogen and oxygen atoms in total. The van der Waals surface area contributed by atoms with Crippen molar-refractivity contribution in [1.29, 1.82) is 0 Å². The number of aromatic nitrogens is 2. The molecule has 0 aliphatic carbocycles. The number of ether oxygens (including phenoxy) is 2. The van der Waals surface area contributed by atoms with Gasteiger partial charge in [0.1, 0.15) is 17.3 Å². The third kappa shape index (κ3) is 5.85. The number of rotatable bonds is 9. The van der Waals surface area contributed by atoms with Crippen LogP contribution < -0.4 is 10.1 Å². The first-order chi connectivity index (χ1) is 14.7. The first-order valence-corrected chi connectivity index (χ1v) is 10.8. The molecule has 0 amide bonds. The Balaban J connectivity index is 2.27. The molecule has 1 N–H and O–H groups in total. The van der Waals surface area contributed by atoms with E-state index in [1.54, 1.807) is 32.0 Å². The Morgan fingerprint density at radius 2 is 2.06 bits per heavy atom. The highest BCUT2D eigenvalue weighted by Crippen LogP contribution is 2.29. The molecule has 0 aliphatic heterocycles. The van der Waals surface area contributed by atoms with Gasteiger partial charge in [-0.05, 0) is 56.5 Å². The summed E-state index contributed by atoms with van der Waals surface area (Å²) in [5.41, 5.74) is 4.72. The number of nitrogens with one attached hydrogen (secondary N) is 1. The first-order valence-electron chi connectivity index (χ1n) is 9.97. The molecule has 2 rings (SSSR count). The van der Waals surface area contributed by atoms with Crippen LogP contribution in [0.4, 0.5) is 5.69 Å². The van der Waals surface area contributed by atoms with Crippen molar-refractivity contribution in [2.45, 2.75) is 34.1 Å². The third-order valence-electron chi connectivity index (χ3n) is 4.77. The molecular weight excluding hydrogens is 460 g/mol. The van der Waals surface area contributed by atoms with Crippen molar-refractivity contribution in [2.24, 2.45) is 12.0 Å². The monoisotopic (exact) mass is 488 g/mol. The lowest BCUT2D eigenvalue weighted by Crippen LogP contribution is -2.12. The Labute approximate surface area is 192 Å². The molecule has 0 saturated heterocycles. The summed E-state index contributed by atoms with van der Waals surface area (Å²) in [6.07, 6.45) is 2.39. The minimum atomic E-state index is -0.360. The Hall–Kier alpha value is -2.87. The zero-order valence-corrected chi connectivity index (χ0v) is 20.5. The Morgan fingerprint density at radius 1 is 1.35 bits per heavy atom. The van der Waals surface area contributed by atoms with Crippen molar-refractivity contribution in [3.8, 4) is 5.75 Å². The number of aliphatic imine (C=N–C) groups is 1. The predicted molar refractivity (Wildman–Crippen MR) is 129 cm³/mol. The molecule has 0 unspecified atom stereocenters. The predicted octanol–water partition coefficient (Wildman–Crippen LogP) is 5.38. The lowest BCUT2D eigenvalue weighted by molar-refractivity contribution is 0.0512. The van der Waals surface area contributed by atoms with Crippen LogP contribution in [0.5, 0.6) is 5.75 Å². The van der Waals surface area contributed by atoms with Crippen molar-refractivity contribution in [3.63, 3.8) is 0 Å². The smallest absolute Gasteiger partial charge is 0.356 e. The second-order valence-corrected chi connectivity index (χ2v) is 7.77. The highest BCUT2D eigenvalue weighted by atomic mass is 79.9. The maximum absolute atomic E-state index is 12.4. The van der Waals surface area contributed by atoms with Crippen LogP contribution in [0.1, 0.15) is 49.4 Å². The average Bonchev–Trinajstić information content (AvgIpc) is 3.08. The lowest BCUT2D eigenvalue weighted by Gasteiger charge is -2.11. The second-order valence-electron chi connectivity index (χ2n) is 6.86. The molecule has 2 aromatic rings. The highest BCUT2D eigenvalue weighted by molar-refractivity contribution is 9.10. The second kappa shape index (κ2) is 10.9. The van der Waals surface area contributed by atoms with Gasteiger partial charge in [-0.1, -0.05) is 29.4 Å². The molecule has 0 saturated carbocycles. The van der Waals surface area contributed by atoms with Gasteiger partial charge in [-0.3, -0.25) is 4.68 Å². The molecular formula is C23H29BrN4O3. The number of carbonyl (C=O) groups is 1. The zero-order valence-electron chi connectivity index (χ0n) is 18.9. The maximum Gasteiger partial charge on any atom is 0.356 e. The van der Waals surface area contributed by atoms with Crippen LogP contribution in [0.3, 0.4) is 0 Å². The Bertz CT molecular complexity index is 1040. The standard InChI is InChI=1S/C23H29BrN4O3/c1-8-18-21(27-28(6)22(18)23(29)31-9-2)15(4)14(3)13-25-16(5)26-19-11-10-17(24)12-20(19)30-7/h10-13,26H,5,8-9H2,1-4,6-7H3/b15-14+,25-13-. The minimum Gasteiger partial charge on any atom is -0.495 e. The maximum atomic E-state index is 12.4. The van der Waals surface area contributed by atoms with E-state index in [1.165, 1.54) is 0 Å². The van der Waals surface area contributed by atoms with E-state index in [4.69, 9.17) is 9.47 Å². The number of hydrogen-bond acceptors (Lipinski definition) is 6. The van der Waals surface area contributed by atoms with Crippen LogP contribution in [0.15, 0.2) is 45.6 Å². The summed E-state index contributed by atoms with van der Waals surface area (Å²) in [6.45, 7) is 12.0. The number of methoxy groups -OCH3 is 1. The molecule has 1 aromatic heterocycles. The van der Waals surface area contributed by atoms with E-state index >= 15 is 0 Å². The number of allylic oxidation sites excluding steroid dienone is 2. The normalized spacial score (nSPS) is 12.0. The zero-order chi connectivity index (χ0) is 23.1. The van der Waals surface area contributed by atoms with Crippen LogP contribution in [0.25, 0.3) is 5.57 Å². The molecule has 0 fully saturated rings. The molecule has 0 spiro atoms. The fourth-order valence-electron chi connectivity index (χ4n) is 3.07. The summed E-state index contributed by atoms with van der Waals surface area (Å²) >= 11 is 3.42. The summed E-state index contributed by atoms with van der Waals surface area (Å²) in [5.74, 6) is 0.791. The van der Waals surface area contributed by atoms with E-state index in [2.05, 4.69) is 37.9 Å². The van der Waals surface area contributed by atoms with Crippen LogP contribution in [0, 0.1) is 0 Å². The lowest BCUT2D eigenvalue weighted by atomic mass is 10.0. The van der Waals surface area contributed by atoms with Gasteiger partial charge in [0.15, 0.2) is 0 Å². The van der Waals surface area contributed by atoms with Gasteiger partial charge in [-0.2, -0.15) is 5.10 Å². The summed E-state index contributed by atoms with van der Waals surface area (Å²) in [4.78, 5) is 16.8. The van der Waals surface area contributed by atoms with E-state index in [1.807, 2.05) is 39.0 Å². The van der Waals surface area contributed by atoms with Gasteiger partial charge in [-0.15, -0.1) is 0 Å². The van der Waals surface area contributed by atoms with Crippen molar-refractivity contribution >= 4 is 39.4 Å². The van der Waals surface area contributed by atoms with Crippen LogP contribution >= 0.6 is 15.9 Å². The molecule has 0 bridgehead atoms. The average molecular weight is 489 g/mol. The molecule has 31 heavy (non-hydrogen) atoms. The molecule has 0 radical (unpaired) electrons. The van der Waals surface area contributed by atoms with Crippen LogP contribution in [-0.4, -0.2) is 35.7 Å². The number of carbonyl (C=O) groups excluding carboxylic acids is 1. The van der Waals surface area contributed by atoms with Crippen molar-refractivity contribution in [2.75, 3.05) is 19.0 Å². The van der Waals surface area contributed by atoms with Crippen molar-refractivity contribution < 1.29 is 14.3 Å². The Kier molecular flexibility index (Phi) is 8.62. The quantitative estimate of drug-likeness (QED) is 0.378. The van der Waals surface area contributed by atoms with Gasteiger partial charge in [0.25, 0.3) is 0 Å². The van der Waals surface area contributed by atoms with Gasteiger partial charge < -0.3 is 14.8 Å². The summed E-state index contributed by atoms with van der Waals surface area (Å²) in [5, 5.41) is 7.71. The largest absolute Gasteiger partial charge is 0.495 e. The van der Waals surface area contributed by atoms with E-state index in [9.17, 15) is 4.79 Å². The SMILES string of the molecule is C=C(/N=C\C(C)=C(/C)c1nn(C)c(C(=O)OCC)c1CC)Nc1ccc(Br)cc1OC. The topological polar surface area (TPSA) is 77.7 Å². The number of nitrogens with zero attached hydrogens (tertiary/aromatic N) is 3. The van der Waals surface area contributed by atoms with E-state index < -0.39 is 0 Å². The molecule has 1 aromatic carbocycles. The van der Waals surface area contributed by atoms with Gasteiger partial charge in [0, 0.05) is 23.3 Å². The fourth-order valence-corrected chi connectivity index (χ4v) is 3.41. The number of halogens is 1. The molecule has 0 aliphatic rings. The first kappa shape index (κ1) is 24.4. The number of esters is 1. The van der Waals surface area contributed by atoms with E-state index in [0.717, 1.165) is 32.6 Å². The van der Waals surface area contributed by atoms with E-state index in [-0.39, 0.29) is 5.97 Å². The van der Waals surface area contributed by atoms with E-state index in [0.29, 0.717) is 30.3 Å². The third-order valence-corrected chi connectivity index (χ3v) is 5.26. The van der Waals surface area contributed by atoms with Gasteiger partial charge in [0.05, 0.1) is 25.1 Å². The number of aryl methyl sites for hydroxylation is 1. The summed E-state index contributed by atoms with van der Waals surface area (Å²) in [6, 6.07) is 5.66. The fraction of sp³-hybridized carbons (Fsp3) is 0.348. The molecule has 166 valence electrons. The molecule has 1 heterocycles. The van der Waals surface area contributed by atoms with Gasteiger partial charge in [0.2, 0.25) is 0 Å². The van der Waals surface area contributed by atoms with Gasteiger partial charge in [-0.25, -0.2) is 9.79 Å². The highest BCUT2D eigenvalue weighted by Gasteiger charge is 2.23.